The Hall–Kier alpha value is -1.25. The Morgan fingerprint density at radius 1 is 1.05 bits per heavy atom. The Morgan fingerprint density at radius 3 is 2.58 bits per heavy atom. The van der Waals surface area contributed by atoms with Crippen LogP contribution < -0.4 is 5.14 Å². The first-order valence-electron chi connectivity index (χ1n) is 6.87. The minimum Gasteiger partial charge on any atom is -0.274 e. The molecule has 0 unspecified atom stereocenters. The van der Waals surface area contributed by atoms with Crippen LogP contribution in [0.5, 0.6) is 0 Å². The Kier molecular flexibility index (Phi) is 5.06. The average molecular weight is 271 g/mol. The van der Waals surface area contributed by atoms with Crippen LogP contribution in [0.1, 0.15) is 31.4 Å². The van der Waals surface area contributed by atoms with E-state index in [1.54, 1.807) is 0 Å². The summed E-state index contributed by atoms with van der Waals surface area (Å²) in [5, 5.41) is 5.66. The summed E-state index contributed by atoms with van der Waals surface area (Å²) in [6, 6.07) is 15.3. The van der Waals surface area contributed by atoms with E-state index in [1.165, 1.54) is 40.6 Å². The molecule has 0 bridgehead atoms. The molecule has 0 atom stereocenters. The van der Waals surface area contributed by atoms with Gasteiger partial charge in [0.1, 0.15) is 0 Å². The molecule has 1 nitrogen and oxygen atoms in total. The zero-order valence-electron chi connectivity index (χ0n) is 11.6. The topological polar surface area (TPSA) is 26.0 Å². The summed E-state index contributed by atoms with van der Waals surface area (Å²) >= 11 is 1.31. The van der Waals surface area contributed by atoms with Gasteiger partial charge < -0.3 is 0 Å². The number of rotatable bonds is 5. The third-order valence-electron chi connectivity index (χ3n) is 3.37. The standard InChI is InChI=1S/C17H21NS/c1-3-6-13-9-10-14(4-2)17(11-13)15-7-5-8-16(12-15)19-18/h5,7-12H,3-4,6,18H2,1-2H3. The highest BCUT2D eigenvalue weighted by atomic mass is 32.2. The fourth-order valence-electron chi connectivity index (χ4n) is 2.38. The van der Waals surface area contributed by atoms with Crippen molar-refractivity contribution >= 4 is 11.9 Å². The summed E-state index contributed by atoms with van der Waals surface area (Å²) in [5.74, 6) is 0. The third-order valence-corrected chi connectivity index (χ3v) is 3.90. The molecule has 2 rings (SSSR count). The highest BCUT2D eigenvalue weighted by molar-refractivity contribution is 7.97. The van der Waals surface area contributed by atoms with Crippen LogP contribution in [0.4, 0.5) is 0 Å². The molecule has 0 aromatic heterocycles. The number of aryl methyl sites for hydroxylation is 2. The van der Waals surface area contributed by atoms with Crippen LogP contribution in [-0.4, -0.2) is 0 Å². The quantitative estimate of drug-likeness (QED) is 0.788. The monoisotopic (exact) mass is 271 g/mol. The molecule has 0 saturated heterocycles. The molecule has 0 saturated carbocycles. The van der Waals surface area contributed by atoms with Crippen molar-refractivity contribution in [2.24, 2.45) is 5.14 Å². The van der Waals surface area contributed by atoms with E-state index in [1.807, 2.05) is 0 Å². The maximum absolute atomic E-state index is 5.66. The summed E-state index contributed by atoms with van der Waals surface area (Å²) in [5.41, 5.74) is 5.44. The summed E-state index contributed by atoms with van der Waals surface area (Å²) in [7, 11) is 0. The molecule has 0 fully saturated rings. The maximum atomic E-state index is 5.66. The van der Waals surface area contributed by atoms with Crippen LogP contribution in [0, 0.1) is 0 Å². The number of nitrogens with two attached hydrogens (primary N) is 1. The van der Waals surface area contributed by atoms with Gasteiger partial charge in [-0.3, -0.25) is 5.14 Å². The van der Waals surface area contributed by atoms with Crippen molar-refractivity contribution in [1.29, 1.82) is 0 Å². The molecular formula is C17H21NS. The van der Waals surface area contributed by atoms with Crippen molar-refractivity contribution in [2.45, 2.75) is 38.0 Å². The Morgan fingerprint density at radius 2 is 1.89 bits per heavy atom. The van der Waals surface area contributed by atoms with Gasteiger partial charge in [0.2, 0.25) is 0 Å². The van der Waals surface area contributed by atoms with Gasteiger partial charge in [-0.25, -0.2) is 0 Å². The lowest BCUT2D eigenvalue weighted by Crippen LogP contribution is -1.92. The molecule has 0 aliphatic heterocycles. The number of benzene rings is 2. The van der Waals surface area contributed by atoms with Gasteiger partial charge in [-0.05, 0) is 59.2 Å². The van der Waals surface area contributed by atoms with Crippen LogP contribution in [0.25, 0.3) is 11.1 Å². The first-order valence-corrected chi connectivity index (χ1v) is 7.75. The van der Waals surface area contributed by atoms with Crippen molar-refractivity contribution in [3.05, 3.63) is 53.6 Å². The van der Waals surface area contributed by atoms with Crippen LogP contribution in [-0.2, 0) is 12.8 Å². The summed E-state index contributed by atoms with van der Waals surface area (Å²) in [6.07, 6.45) is 3.38. The molecule has 2 aromatic rings. The van der Waals surface area contributed by atoms with Crippen LogP contribution in [0.3, 0.4) is 0 Å². The minimum atomic E-state index is 1.06. The van der Waals surface area contributed by atoms with Crippen molar-refractivity contribution in [1.82, 2.24) is 0 Å². The smallest absolute Gasteiger partial charge is 0.0232 e. The van der Waals surface area contributed by atoms with Gasteiger partial charge in [0.25, 0.3) is 0 Å². The Balaban J connectivity index is 2.48. The minimum absolute atomic E-state index is 1.06. The van der Waals surface area contributed by atoms with Crippen molar-refractivity contribution in [3.63, 3.8) is 0 Å². The number of hydrogen-bond donors (Lipinski definition) is 1. The average Bonchev–Trinajstić information content (AvgIpc) is 2.47. The van der Waals surface area contributed by atoms with Gasteiger partial charge in [-0.15, -0.1) is 0 Å². The molecule has 0 spiro atoms. The van der Waals surface area contributed by atoms with E-state index in [2.05, 4.69) is 56.3 Å². The third kappa shape index (κ3) is 3.40. The maximum Gasteiger partial charge on any atom is 0.0232 e. The predicted molar refractivity (Wildman–Crippen MR) is 85.3 cm³/mol. The van der Waals surface area contributed by atoms with Crippen molar-refractivity contribution in [3.8, 4) is 11.1 Å². The van der Waals surface area contributed by atoms with E-state index >= 15 is 0 Å². The first kappa shape index (κ1) is 14.2. The highest BCUT2D eigenvalue weighted by Gasteiger charge is 2.06. The molecule has 0 aliphatic carbocycles. The normalized spacial score (nSPS) is 10.7. The van der Waals surface area contributed by atoms with E-state index in [9.17, 15) is 0 Å². The lowest BCUT2D eigenvalue weighted by atomic mass is 9.94. The fraction of sp³-hybridized carbons (Fsp3) is 0.294. The fourth-order valence-corrected chi connectivity index (χ4v) is 2.73. The van der Waals surface area contributed by atoms with Gasteiger partial charge in [0.15, 0.2) is 0 Å². The van der Waals surface area contributed by atoms with Crippen LogP contribution in [0.2, 0.25) is 0 Å². The first-order chi connectivity index (χ1) is 9.28. The summed E-state index contributed by atoms with van der Waals surface area (Å²) < 4.78 is 0. The van der Waals surface area contributed by atoms with Gasteiger partial charge >= 0.3 is 0 Å². The molecule has 0 radical (unpaired) electrons. The van der Waals surface area contributed by atoms with Gasteiger partial charge in [-0.1, -0.05) is 50.6 Å². The lowest BCUT2D eigenvalue weighted by molar-refractivity contribution is 0.920. The van der Waals surface area contributed by atoms with Gasteiger partial charge in [0.05, 0.1) is 0 Å². The summed E-state index contributed by atoms with van der Waals surface area (Å²) in [4.78, 5) is 1.11. The molecule has 0 amide bonds. The van der Waals surface area contributed by atoms with E-state index in [0.717, 1.165) is 17.7 Å². The molecule has 100 valence electrons. The molecule has 19 heavy (non-hydrogen) atoms. The van der Waals surface area contributed by atoms with E-state index in [-0.39, 0.29) is 0 Å². The molecule has 2 heteroatoms. The second-order valence-corrected chi connectivity index (χ2v) is 5.45. The number of hydrogen-bond acceptors (Lipinski definition) is 2. The van der Waals surface area contributed by atoms with Crippen molar-refractivity contribution in [2.75, 3.05) is 0 Å². The summed E-state index contributed by atoms with van der Waals surface area (Å²) in [6.45, 7) is 4.43. The predicted octanol–water partition coefficient (Wildman–Crippen LogP) is 4.83. The second-order valence-electron chi connectivity index (χ2n) is 4.74. The molecule has 2 aromatic carbocycles. The van der Waals surface area contributed by atoms with E-state index in [4.69, 9.17) is 5.14 Å². The SMILES string of the molecule is CCCc1ccc(CC)c(-c2cccc(SN)c2)c1. The Labute approximate surface area is 120 Å². The highest BCUT2D eigenvalue weighted by Crippen LogP contribution is 2.28. The lowest BCUT2D eigenvalue weighted by Gasteiger charge is -2.11. The zero-order chi connectivity index (χ0) is 13.7. The van der Waals surface area contributed by atoms with Gasteiger partial charge in [-0.2, -0.15) is 0 Å². The van der Waals surface area contributed by atoms with E-state index in [0.29, 0.717) is 0 Å². The Bertz CT molecular complexity index is 549. The zero-order valence-corrected chi connectivity index (χ0v) is 12.5. The largest absolute Gasteiger partial charge is 0.274 e. The molecule has 0 heterocycles. The van der Waals surface area contributed by atoms with E-state index < -0.39 is 0 Å². The second kappa shape index (κ2) is 6.78. The molecular weight excluding hydrogens is 250 g/mol. The van der Waals surface area contributed by atoms with Crippen LogP contribution in [0.15, 0.2) is 47.4 Å². The van der Waals surface area contributed by atoms with Crippen molar-refractivity contribution < 1.29 is 0 Å². The molecule has 2 N–H and O–H groups in total. The molecule has 0 aliphatic rings. The van der Waals surface area contributed by atoms with Gasteiger partial charge in [0, 0.05) is 4.90 Å². The van der Waals surface area contributed by atoms with Crippen LogP contribution >= 0.6 is 11.9 Å².